The molecule has 134 valence electrons. The fraction of sp³-hybridized carbons (Fsp3) is 0.250. The van der Waals surface area contributed by atoms with E-state index < -0.39 is 0 Å². The number of carbonyl (C=O) groups is 1. The maximum atomic E-state index is 12.9. The Morgan fingerprint density at radius 1 is 0.885 bits per heavy atom. The van der Waals surface area contributed by atoms with Crippen LogP contribution in [0.4, 0.5) is 0 Å². The Hall–Kier alpha value is -2.99. The number of likely N-dealkylation sites (N-methyl/N-ethyl adjacent to an activating group) is 1. The van der Waals surface area contributed by atoms with Crippen LogP contribution in [0.1, 0.15) is 11.1 Å². The maximum absolute atomic E-state index is 12.9. The van der Waals surface area contributed by atoms with Gasteiger partial charge in [0.15, 0.2) is 5.78 Å². The van der Waals surface area contributed by atoms with E-state index in [0.29, 0.717) is 24.8 Å². The molecular formula is C20H21N3O3. The van der Waals surface area contributed by atoms with Crippen LogP contribution >= 0.6 is 0 Å². The zero-order valence-corrected chi connectivity index (χ0v) is 15.1. The van der Waals surface area contributed by atoms with Crippen molar-refractivity contribution < 1.29 is 14.3 Å². The summed E-state index contributed by atoms with van der Waals surface area (Å²) in [6.07, 6.45) is 7.16. The number of piperidine rings is 1. The molecule has 0 aliphatic carbocycles. The first-order valence-electron chi connectivity index (χ1n) is 8.23. The highest BCUT2D eigenvalue weighted by Gasteiger charge is 2.23. The van der Waals surface area contributed by atoms with Gasteiger partial charge in [-0.05, 0) is 42.5 Å². The van der Waals surface area contributed by atoms with Crippen molar-refractivity contribution in [3.8, 4) is 11.8 Å². The third kappa shape index (κ3) is 4.15. The molecule has 0 atom stereocenters. The van der Waals surface area contributed by atoms with Crippen molar-refractivity contribution in [2.45, 2.75) is 0 Å². The zero-order chi connectivity index (χ0) is 18.5. The summed E-state index contributed by atoms with van der Waals surface area (Å²) in [5.74, 6) is 1.15. The summed E-state index contributed by atoms with van der Waals surface area (Å²) in [4.78, 5) is 23.3. The number of likely N-dealkylation sites (tertiary alicyclic amines) is 1. The Morgan fingerprint density at radius 3 is 1.69 bits per heavy atom. The van der Waals surface area contributed by atoms with Crippen molar-refractivity contribution in [3.63, 3.8) is 0 Å². The van der Waals surface area contributed by atoms with Gasteiger partial charge in [0.1, 0.15) is 0 Å². The average molecular weight is 351 g/mol. The van der Waals surface area contributed by atoms with Crippen LogP contribution in [0, 0.1) is 0 Å². The van der Waals surface area contributed by atoms with Crippen molar-refractivity contribution in [1.29, 1.82) is 0 Å². The van der Waals surface area contributed by atoms with E-state index in [1.807, 2.05) is 31.3 Å². The van der Waals surface area contributed by atoms with Crippen LogP contribution in [0.15, 0.2) is 47.8 Å². The van der Waals surface area contributed by atoms with Gasteiger partial charge in [0.2, 0.25) is 11.8 Å². The number of ether oxygens (including phenoxy) is 2. The topological polar surface area (TPSA) is 64.6 Å². The van der Waals surface area contributed by atoms with E-state index in [1.165, 1.54) is 0 Å². The monoisotopic (exact) mass is 351 g/mol. The first kappa shape index (κ1) is 17.8. The quantitative estimate of drug-likeness (QED) is 0.789. The number of hydrogen-bond acceptors (Lipinski definition) is 6. The van der Waals surface area contributed by atoms with Gasteiger partial charge in [-0.2, -0.15) is 0 Å². The molecular weight excluding hydrogens is 330 g/mol. The van der Waals surface area contributed by atoms with Crippen LogP contribution in [-0.2, 0) is 4.79 Å². The molecule has 0 spiro atoms. The molecule has 0 amide bonds. The van der Waals surface area contributed by atoms with Crippen molar-refractivity contribution in [1.82, 2.24) is 14.9 Å². The molecule has 0 bridgehead atoms. The van der Waals surface area contributed by atoms with Crippen molar-refractivity contribution in [2.75, 3.05) is 34.4 Å². The second-order valence-electron chi connectivity index (χ2n) is 6.11. The lowest BCUT2D eigenvalue weighted by molar-refractivity contribution is -0.113. The minimum atomic E-state index is 0.0507. The van der Waals surface area contributed by atoms with E-state index in [2.05, 4.69) is 14.9 Å². The van der Waals surface area contributed by atoms with Crippen molar-refractivity contribution in [2.24, 2.45) is 0 Å². The Kier molecular flexibility index (Phi) is 5.43. The number of carbonyl (C=O) groups excluding carboxylic acids is 1. The van der Waals surface area contributed by atoms with Gasteiger partial charge in [-0.1, -0.05) is 0 Å². The molecule has 1 fully saturated rings. The fourth-order valence-corrected chi connectivity index (χ4v) is 2.81. The summed E-state index contributed by atoms with van der Waals surface area (Å²) in [6, 6.07) is 7.33. The number of pyridine rings is 2. The zero-order valence-electron chi connectivity index (χ0n) is 15.1. The first-order valence-corrected chi connectivity index (χ1v) is 8.23. The van der Waals surface area contributed by atoms with Crippen LogP contribution in [-0.4, -0.2) is 55.0 Å². The second-order valence-corrected chi connectivity index (χ2v) is 6.11. The van der Waals surface area contributed by atoms with Crippen LogP contribution < -0.4 is 9.47 Å². The lowest BCUT2D eigenvalue weighted by Crippen LogP contribution is -2.34. The van der Waals surface area contributed by atoms with Crippen molar-refractivity contribution in [3.05, 3.63) is 58.9 Å². The van der Waals surface area contributed by atoms with Gasteiger partial charge in [0.25, 0.3) is 0 Å². The number of Topliss-reactive ketones (excluding diaryl/α,β-unsaturated/α-hetero) is 1. The van der Waals surface area contributed by atoms with Crippen molar-refractivity contribution >= 4 is 17.9 Å². The molecule has 2 aromatic heterocycles. The summed E-state index contributed by atoms with van der Waals surface area (Å²) in [5.41, 5.74) is 3.21. The molecule has 6 heteroatoms. The van der Waals surface area contributed by atoms with E-state index in [4.69, 9.17) is 9.47 Å². The molecule has 1 aliphatic rings. The molecule has 3 rings (SSSR count). The molecule has 1 aliphatic heterocycles. The number of aromatic nitrogens is 2. The minimum Gasteiger partial charge on any atom is -0.481 e. The maximum Gasteiger partial charge on any atom is 0.212 e. The molecule has 6 nitrogen and oxygen atoms in total. The van der Waals surface area contributed by atoms with Gasteiger partial charge < -0.3 is 9.47 Å². The Balaban J connectivity index is 1.86. The third-order valence-corrected chi connectivity index (χ3v) is 4.08. The van der Waals surface area contributed by atoms with Gasteiger partial charge in [0.05, 0.1) is 14.2 Å². The van der Waals surface area contributed by atoms with E-state index in [9.17, 15) is 4.79 Å². The summed E-state index contributed by atoms with van der Waals surface area (Å²) in [5, 5.41) is 0. The van der Waals surface area contributed by atoms with Crippen LogP contribution in [0.5, 0.6) is 11.8 Å². The average Bonchev–Trinajstić information content (AvgIpc) is 2.66. The van der Waals surface area contributed by atoms with Crippen LogP contribution in [0.2, 0.25) is 0 Å². The molecule has 26 heavy (non-hydrogen) atoms. The highest BCUT2D eigenvalue weighted by Crippen LogP contribution is 2.21. The van der Waals surface area contributed by atoms with Gasteiger partial charge in [-0.25, -0.2) is 9.97 Å². The number of rotatable bonds is 4. The highest BCUT2D eigenvalue weighted by molar-refractivity contribution is 6.14. The van der Waals surface area contributed by atoms with Crippen LogP contribution in [0.25, 0.3) is 12.2 Å². The normalized spacial score (nSPS) is 18.3. The summed E-state index contributed by atoms with van der Waals surface area (Å²) < 4.78 is 10.1. The predicted octanol–water partition coefficient (Wildman–Crippen LogP) is 2.48. The SMILES string of the molecule is COc1ccc(/C=C2\CN(C)C/C(=C\c3ccc(OC)nc3)C2=O)cn1. The van der Waals surface area contributed by atoms with Crippen LogP contribution in [0.3, 0.4) is 0 Å². The fourth-order valence-electron chi connectivity index (χ4n) is 2.81. The van der Waals surface area contributed by atoms with E-state index in [0.717, 1.165) is 22.3 Å². The summed E-state index contributed by atoms with van der Waals surface area (Å²) >= 11 is 0. The molecule has 0 saturated carbocycles. The summed E-state index contributed by atoms with van der Waals surface area (Å²) in [6.45, 7) is 1.20. The van der Waals surface area contributed by atoms with E-state index in [-0.39, 0.29) is 5.78 Å². The Bertz CT molecular complexity index is 770. The molecule has 1 saturated heterocycles. The molecule has 2 aromatic rings. The molecule has 0 N–H and O–H groups in total. The third-order valence-electron chi connectivity index (χ3n) is 4.08. The second kappa shape index (κ2) is 7.93. The first-order chi connectivity index (χ1) is 12.6. The molecule has 0 unspecified atom stereocenters. The van der Waals surface area contributed by atoms with E-state index in [1.54, 1.807) is 38.7 Å². The molecule has 0 radical (unpaired) electrons. The Morgan fingerprint density at radius 2 is 1.35 bits per heavy atom. The Labute approximate surface area is 152 Å². The highest BCUT2D eigenvalue weighted by atomic mass is 16.5. The predicted molar refractivity (Wildman–Crippen MR) is 100 cm³/mol. The lowest BCUT2D eigenvalue weighted by atomic mass is 9.95. The summed E-state index contributed by atoms with van der Waals surface area (Å²) in [7, 11) is 5.14. The van der Waals surface area contributed by atoms with Gasteiger partial charge in [0, 0.05) is 48.8 Å². The number of ketones is 1. The smallest absolute Gasteiger partial charge is 0.212 e. The molecule has 0 aromatic carbocycles. The number of hydrogen-bond donors (Lipinski definition) is 0. The lowest BCUT2D eigenvalue weighted by Gasteiger charge is -2.26. The molecule has 3 heterocycles. The van der Waals surface area contributed by atoms with E-state index >= 15 is 0 Å². The largest absolute Gasteiger partial charge is 0.481 e. The van der Waals surface area contributed by atoms with Gasteiger partial charge in [-0.15, -0.1) is 0 Å². The van der Waals surface area contributed by atoms with Gasteiger partial charge in [-0.3, -0.25) is 9.69 Å². The minimum absolute atomic E-state index is 0.0507. The number of nitrogens with zero attached hydrogens (tertiary/aromatic N) is 3. The standard InChI is InChI=1S/C20H21N3O3/c1-23-12-16(8-14-4-6-18(25-2)21-10-14)20(24)17(13-23)9-15-5-7-19(26-3)22-11-15/h4-11H,12-13H2,1-3H3/b16-8+,17-9+. The van der Waals surface area contributed by atoms with Gasteiger partial charge >= 0.3 is 0 Å². The number of methoxy groups -OCH3 is 2.